The Bertz CT molecular complexity index is 1270. The van der Waals surface area contributed by atoms with Gasteiger partial charge in [-0.3, -0.25) is 4.79 Å². The molecule has 7 heteroatoms. The Morgan fingerprint density at radius 1 is 1.03 bits per heavy atom. The van der Waals surface area contributed by atoms with E-state index in [-0.39, 0.29) is 12.5 Å². The van der Waals surface area contributed by atoms with Crippen molar-refractivity contribution in [2.24, 2.45) is 0 Å². The first-order valence-electron chi connectivity index (χ1n) is 9.87. The molecule has 1 heterocycles. The summed E-state index contributed by atoms with van der Waals surface area (Å²) < 4.78 is 49.1. The van der Waals surface area contributed by atoms with Gasteiger partial charge in [-0.15, -0.1) is 0 Å². The van der Waals surface area contributed by atoms with Crippen LogP contribution in [0.4, 0.5) is 13.2 Å². The van der Waals surface area contributed by atoms with Crippen molar-refractivity contribution in [2.45, 2.75) is 19.6 Å². The molecule has 0 aliphatic carbocycles. The summed E-state index contributed by atoms with van der Waals surface area (Å²) in [5, 5.41) is 3.54. The van der Waals surface area contributed by atoms with E-state index in [0.717, 1.165) is 40.0 Å². The van der Waals surface area contributed by atoms with Gasteiger partial charge in [0.25, 0.3) is 5.91 Å². The maximum absolute atomic E-state index is 12.8. The zero-order chi connectivity index (χ0) is 22.9. The largest absolute Gasteiger partial charge is 0.497 e. The summed E-state index contributed by atoms with van der Waals surface area (Å²) in [5.74, 6) is 0.380. The Kier molecular flexibility index (Phi) is 5.65. The van der Waals surface area contributed by atoms with Crippen LogP contribution in [0.1, 0.15) is 27.0 Å². The van der Waals surface area contributed by atoms with E-state index in [1.54, 1.807) is 25.5 Å². The van der Waals surface area contributed by atoms with Gasteiger partial charge in [0.2, 0.25) is 0 Å². The number of amides is 1. The highest BCUT2D eigenvalue weighted by atomic mass is 19.4. The first kappa shape index (κ1) is 21.5. The predicted octanol–water partition coefficient (Wildman–Crippen LogP) is 6.37. The molecule has 0 unspecified atom stereocenters. The van der Waals surface area contributed by atoms with Gasteiger partial charge in [-0.05, 0) is 53.9 Å². The fourth-order valence-electron chi connectivity index (χ4n) is 3.60. The van der Waals surface area contributed by atoms with Crippen molar-refractivity contribution >= 4 is 16.9 Å². The lowest BCUT2D eigenvalue weighted by atomic mass is 9.98. The molecular weight excluding hydrogens is 419 g/mol. The summed E-state index contributed by atoms with van der Waals surface area (Å²) in [6.07, 6.45) is -2.78. The molecule has 4 rings (SSSR count). The molecule has 4 nitrogen and oxygen atoms in total. The Hall–Kier alpha value is -3.74. The van der Waals surface area contributed by atoms with Crippen molar-refractivity contribution in [3.63, 3.8) is 0 Å². The van der Waals surface area contributed by atoms with Gasteiger partial charge in [0.15, 0.2) is 0 Å². The normalized spacial score (nSPS) is 11.5. The van der Waals surface area contributed by atoms with E-state index >= 15 is 0 Å². The predicted molar refractivity (Wildman–Crippen MR) is 116 cm³/mol. The molecule has 1 amide bonds. The minimum absolute atomic E-state index is 0.0957. The Morgan fingerprint density at radius 2 is 1.78 bits per heavy atom. The van der Waals surface area contributed by atoms with Crippen LogP contribution in [0.25, 0.3) is 22.1 Å². The lowest BCUT2D eigenvalue weighted by Gasteiger charge is -2.09. The SMILES string of the molecule is COc1ccc(-c2coc3c(C(=O)NCc4ccc(C(F)(F)F)cc4)cccc23)c(C)c1. The molecule has 0 aliphatic heterocycles. The van der Waals surface area contributed by atoms with Gasteiger partial charge in [0, 0.05) is 17.5 Å². The van der Waals surface area contributed by atoms with Crippen LogP contribution >= 0.6 is 0 Å². The minimum Gasteiger partial charge on any atom is -0.497 e. The Labute approximate surface area is 182 Å². The number of carbonyl (C=O) groups is 1. The second-order valence-corrected chi connectivity index (χ2v) is 7.39. The smallest absolute Gasteiger partial charge is 0.416 e. The Balaban J connectivity index is 1.57. The van der Waals surface area contributed by atoms with E-state index in [2.05, 4.69) is 5.32 Å². The molecule has 3 aromatic carbocycles. The molecule has 0 radical (unpaired) electrons. The fraction of sp³-hybridized carbons (Fsp3) is 0.160. The van der Waals surface area contributed by atoms with E-state index < -0.39 is 11.7 Å². The monoisotopic (exact) mass is 439 g/mol. The van der Waals surface area contributed by atoms with Crippen LogP contribution in [-0.4, -0.2) is 13.0 Å². The van der Waals surface area contributed by atoms with E-state index in [1.165, 1.54) is 12.1 Å². The number of halogens is 3. The van der Waals surface area contributed by atoms with Crippen molar-refractivity contribution < 1.29 is 27.1 Å². The third kappa shape index (κ3) is 4.19. The molecule has 0 saturated carbocycles. The summed E-state index contributed by atoms with van der Waals surface area (Å²) >= 11 is 0. The van der Waals surface area contributed by atoms with E-state index in [0.29, 0.717) is 16.7 Å². The number of hydrogen-bond acceptors (Lipinski definition) is 3. The van der Waals surface area contributed by atoms with Crippen LogP contribution in [0.5, 0.6) is 5.75 Å². The average Bonchev–Trinajstić information content (AvgIpc) is 3.21. The highest BCUT2D eigenvalue weighted by molar-refractivity contribution is 6.08. The molecule has 0 fully saturated rings. The number of benzene rings is 3. The van der Waals surface area contributed by atoms with E-state index in [1.807, 2.05) is 31.2 Å². The van der Waals surface area contributed by atoms with Crippen LogP contribution in [-0.2, 0) is 12.7 Å². The molecule has 1 aromatic heterocycles. The lowest BCUT2D eigenvalue weighted by molar-refractivity contribution is -0.137. The molecule has 0 spiro atoms. The number of hydrogen-bond donors (Lipinski definition) is 1. The van der Waals surface area contributed by atoms with Crippen LogP contribution < -0.4 is 10.1 Å². The highest BCUT2D eigenvalue weighted by Crippen LogP contribution is 2.35. The molecule has 0 saturated heterocycles. The van der Waals surface area contributed by atoms with Gasteiger partial charge in [-0.1, -0.05) is 30.3 Å². The third-order valence-corrected chi connectivity index (χ3v) is 5.30. The van der Waals surface area contributed by atoms with E-state index in [4.69, 9.17) is 9.15 Å². The first-order valence-corrected chi connectivity index (χ1v) is 9.87. The average molecular weight is 439 g/mol. The maximum atomic E-state index is 12.8. The highest BCUT2D eigenvalue weighted by Gasteiger charge is 2.29. The maximum Gasteiger partial charge on any atom is 0.416 e. The summed E-state index contributed by atoms with van der Waals surface area (Å²) in [4.78, 5) is 12.8. The Morgan fingerprint density at radius 3 is 2.44 bits per heavy atom. The topological polar surface area (TPSA) is 51.5 Å². The van der Waals surface area contributed by atoms with Crippen molar-refractivity contribution in [3.8, 4) is 16.9 Å². The molecule has 0 atom stereocenters. The van der Waals surface area contributed by atoms with Crippen molar-refractivity contribution in [1.29, 1.82) is 0 Å². The molecule has 0 bridgehead atoms. The van der Waals surface area contributed by atoms with Crippen molar-refractivity contribution in [3.05, 3.63) is 89.2 Å². The standard InChI is InChI=1S/C25H20F3NO3/c1-15-12-18(31-2)10-11-19(15)22-14-32-23-20(22)4-3-5-21(23)24(30)29-13-16-6-8-17(9-7-16)25(26,27)28/h3-12,14H,13H2,1-2H3,(H,29,30). The minimum atomic E-state index is -4.39. The number of fused-ring (bicyclic) bond motifs is 1. The summed E-state index contributed by atoms with van der Waals surface area (Å²) in [6, 6.07) is 15.7. The number of alkyl halides is 3. The van der Waals surface area contributed by atoms with Gasteiger partial charge in [0.1, 0.15) is 11.3 Å². The van der Waals surface area contributed by atoms with Crippen LogP contribution in [0.15, 0.2) is 71.3 Å². The number of furan rings is 1. The van der Waals surface area contributed by atoms with Crippen molar-refractivity contribution in [2.75, 3.05) is 7.11 Å². The molecule has 4 aromatic rings. The van der Waals surface area contributed by atoms with Crippen molar-refractivity contribution in [1.82, 2.24) is 5.32 Å². The summed E-state index contributed by atoms with van der Waals surface area (Å²) in [6.45, 7) is 2.07. The number of nitrogens with one attached hydrogen (secondary N) is 1. The van der Waals surface area contributed by atoms with Crippen LogP contribution in [0, 0.1) is 6.92 Å². The number of aryl methyl sites for hydroxylation is 1. The first-order chi connectivity index (χ1) is 15.3. The zero-order valence-electron chi connectivity index (χ0n) is 17.4. The molecular formula is C25H20F3NO3. The van der Waals surface area contributed by atoms with Gasteiger partial charge < -0.3 is 14.5 Å². The fourth-order valence-corrected chi connectivity index (χ4v) is 3.60. The third-order valence-electron chi connectivity index (χ3n) is 5.30. The van der Waals surface area contributed by atoms with Gasteiger partial charge >= 0.3 is 6.18 Å². The summed E-state index contributed by atoms with van der Waals surface area (Å²) in [7, 11) is 1.61. The quantitative estimate of drug-likeness (QED) is 0.393. The van der Waals surface area contributed by atoms with Gasteiger partial charge in [0.05, 0.1) is 24.5 Å². The van der Waals surface area contributed by atoms with Crippen LogP contribution in [0.2, 0.25) is 0 Å². The second-order valence-electron chi connectivity index (χ2n) is 7.39. The van der Waals surface area contributed by atoms with Crippen LogP contribution in [0.3, 0.4) is 0 Å². The number of methoxy groups -OCH3 is 1. The number of ether oxygens (including phenoxy) is 1. The molecule has 164 valence electrons. The molecule has 32 heavy (non-hydrogen) atoms. The summed E-state index contributed by atoms with van der Waals surface area (Å²) in [5.41, 5.74) is 3.46. The second kappa shape index (κ2) is 8.42. The number of rotatable bonds is 5. The number of carbonyl (C=O) groups excluding carboxylic acids is 1. The zero-order valence-corrected chi connectivity index (χ0v) is 17.4. The lowest BCUT2D eigenvalue weighted by Crippen LogP contribution is -2.23. The van der Waals surface area contributed by atoms with Gasteiger partial charge in [-0.25, -0.2) is 0 Å². The molecule has 1 N–H and O–H groups in total. The van der Waals surface area contributed by atoms with Gasteiger partial charge in [-0.2, -0.15) is 13.2 Å². The van der Waals surface area contributed by atoms with E-state index in [9.17, 15) is 18.0 Å². The molecule has 0 aliphatic rings. The number of para-hydroxylation sites is 1.